The highest BCUT2D eigenvalue weighted by atomic mass is 16.5. The van der Waals surface area contributed by atoms with Crippen molar-refractivity contribution in [1.29, 1.82) is 0 Å². The molecule has 3 aromatic rings. The van der Waals surface area contributed by atoms with Gasteiger partial charge in [-0.25, -0.2) is 9.78 Å². The second-order valence-electron chi connectivity index (χ2n) is 5.57. The van der Waals surface area contributed by atoms with Gasteiger partial charge in [-0.3, -0.25) is 13.9 Å². The van der Waals surface area contributed by atoms with E-state index in [1.807, 2.05) is 25.1 Å². The third kappa shape index (κ3) is 2.34. The zero-order valence-electron chi connectivity index (χ0n) is 13.5. The molecule has 0 saturated carbocycles. The van der Waals surface area contributed by atoms with Crippen LogP contribution in [0.3, 0.4) is 0 Å². The number of aryl methyl sites for hydroxylation is 2. The van der Waals surface area contributed by atoms with Crippen LogP contribution < -0.4 is 16.0 Å². The van der Waals surface area contributed by atoms with E-state index in [2.05, 4.69) is 4.98 Å². The summed E-state index contributed by atoms with van der Waals surface area (Å²) in [5, 5.41) is 0. The van der Waals surface area contributed by atoms with Gasteiger partial charge in [0.2, 0.25) is 0 Å². The highest BCUT2D eigenvalue weighted by molar-refractivity contribution is 5.70. The number of imidazole rings is 1. The van der Waals surface area contributed by atoms with Gasteiger partial charge >= 0.3 is 5.69 Å². The number of methoxy groups -OCH3 is 1. The predicted molar refractivity (Wildman–Crippen MR) is 87.0 cm³/mol. The van der Waals surface area contributed by atoms with Crippen LogP contribution in [0.15, 0.2) is 34.1 Å². The highest BCUT2D eigenvalue weighted by Gasteiger charge is 2.15. The number of hydrogen-bond acceptors (Lipinski definition) is 4. The monoisotopic (exact) mass is 314 g/mol. The van der Waals surface area contributed by atoms with Gasteiger partial charge in [0.05, 0.1) is 20.0 Å². The van der Waals surface area contributed by atoms with E-state index in [1.165, 1.54) is 11.6 Å². The van der Waals surface area contributed by atoms with Crippen LogP contribution in [-0.2, 0) is 20.6 Å². The van der Waals surface area contributed by atoms with Crippen LogP contribution in [0, 0.1) is 6.92 Å². The Morgan fingerprint density at radius 3 is 2.61 bits per heavy atom. The van der Waals surface area contributed by atoms with Crippen LogP contribution in [0.25, 0.3) is 11.2 Å². The first-order valence-corrected chi connectivity index (χ1v) is 7.18. The van der Waals surface area contributed by atoms with Gasteiger partial charge in [0.25, 0.3) is 5.56 Å². The lowest BCUT2D eigenvalue weighted by Crippen LogP contribution is -2.37. The minimum absolute atomic E-state index is 0.354. The summed E-state index contributed by atoms with van der Waals surface area (Å²) in [6.07, 6.45) is 1.58. The molecule has 0 unspecified atom stereocenters. The van der Waals surface area contributed by atoms with E-state index < -0.39 is 0 Å². The van der Waals surface area contributed by atoms with Gasteiger partial charge in [0.1, 0.15) is 5.75 Å². The highest BCUT2D eigenvalue weighted by Crippen LogP contribution is 2.21. The van der Waals surface area contributed by atoms with Gasteiger partial charge in [-0.1, -0.05) is 17.7 Å². The fraction of sp³-hybridized carbons (Fsp3) is 0.312. The minimum atomic E-state index is -0.388. The number of ether oxygens (including phenoxy) is 1. The summed E-state index contributed by atoms with van der Waals surface area (Å²) in [4.78, 5) is 28.7. The van der Waals surface area contributed by atoms with Crippen molar-refractivity contribution in [3.8, 4) is 5.75 Å². The normalized spacial score (nSPS) is 11.1. The van der Waals surface area contributed by atoms with Crippen LogP contribution in [0.2, 0.25) is 0 Å². The molecule has 2 aromatic heterocycles. The van der Waals surface area contributed by atoms with Crippen LogP contribution >= 0.6 is 0 Å². The molecule has 0 saturated heterocycles. The van der Waals surface area contributed by atoms with Crippen molar-refractivity contribution in [2.75, 3.05) is 7.11 Å². The lowest BCUT2D eigenvalue weighted by Gasteiger charge is -2.11. The third-order valence-corrected chi connectivity index (χ3v) is 3.99. The van der Waals surface area contributed by atoms with Crippen molar-refractivity contribution in [2.45, 2.75) is 13.5 Å². The third-order valence-electron chi connectivity index (χ3n) is 3.99. The molecule has 7 nitrogen and oxygen atoms in total. The number of hydrogen-bond donors (Lipinski definition) is 0. The first-order valence-electron chi connectivity index (χ1n) is 7.18. The van der Waals surface area contributed by atoms with Gasteiger partial charge in [-0.05, 0) is 13.0 Å². The molecule has 23 heavy (non-hydrogen) atoms. The van der Waals surface area contributed by atoms with Crippen molar-refractivity contribution in [1.82, 2.24) is 18.7 Å². The summed E-state index contributed by atoms with van der Waals surface area (Å²) in [6.45, 7) is 2.44. The molecule has 3 rings (SSSR count). The van der Waals surface area contributed by atoms with E-state index in [-0.39, 0.29) is 11.2 Å². The molecule has 0 radical (unpaired) electrons. The maximum atomic E-state index is 12.5. The first kappa shape index (κ1) is 15.1. The van der Waals surface area contributed by atoms with Crippen molar-refractivity contribution < 1.29 is 4.74 Å². The van der Waals surface area contributed by atoms with E-state index >= 15 is 0 Å². The maximum Gasteiger partial charge on any atom is 0.332 e. The molecular weight excluding hydrogens is 296 g/mol. The van der Waals surface area contributed by atoms with Gasteiger partial charge in [0.15, 0.2) is 11.2 Å². The van der Waals surface area contributed by atoms with E-state index in [4.69, 9.17) is 4.74 Å². The molecule has 0 spiro atoms. The maximum absolute atomic E-state index is 12.5. The number of rotatable bonds is 3. The quantitative estimate of drug-likeness (QED) is 0.717. The number of fused-ring (bicyclic) bond motifs is 1. The second-order valence-corrected chi connectivity index (χ2v) is 5.57. The molecule has 0 atom stereocenters. The zero-order valence-corrected chi connectivity index (χ0v) is 13.5. The zero-order chi connectivity index (χ0) is 16.7. The van der Waals surface area contributed by atoms with Gasteiger partial charge in [-0.15, -0.1) is 0 Å². The Hall–Kier alpha value is -2.83. The molecule has 0 N–H and O–H groups in total. The minimum Gasteiger partial charge on any atom is -0.496 e. The number of benzene rings is 1. The Morgan fingerprint density at radius 2 is 1.91 bits per heavy atom. The lowest BCUT2D eigenvalue weighted by molar-refractivity contribution is 0.408. The molecule has 0 aliphatic rings. The van der Waals surface area contributed by atoms with E-state index in [1.54, 1.807) is 25.1 Å². The smallest absolute Gasteiger partial charge is 0.332 e. The predicted octanol–water partition coefficient (Wildman–Crippen LogP) is 0.799. The Labute approximate surface area is 132 Å². The average Bonchev–Trinajstić information content (AvgIpc) is 2.95. The molecule has 0 fully saturated rings. The Balaban J connectivity index is 2.22. The molecular formula is C16H18N4O3. The van der Waals surface area contributed by atoms with Crippen molar-refractivity contribution in [3.05, 3.63) is 56.5 Å². The fourth-order valence-electron chi connectivity index (χ4n) is 2.73. The van der Waals surface area contributed by atoms with Crippen LogP contribution in [-0.4, -0.2) is 25.8 Å². The van der Waals surface area contributed by atoms with Crippen molar-refractivity contribution in [2.24, 2.45) is 14.1 Å². The largest absolute Gasteiger partial charge is 0.496 e. The number of aromatic nitrogens is 4. The Bertz CT molecular complexity index is 1010. The molecule has 0 aliphatic carbocycles. The van der Waals surface area contributed by atoms with Crippen LogP contribution in [0.1, 0.15) is 11.1 Å². The summed E-state index contributed by atoms with van der Waals surface area (Å²) < 4.78 is 9.60. The van der Waals surface area contributed by atoms with Crippen LogP contribution in [0.4, 0.5) is 0 Å². The Morgan fingerprint density at radius 1 is 1.17 bits per heavy atom. The standard InChI is InChI=1S/C16H18N4O3/c1-10-5-6-12(23-4)11(7-10)8-20-9-17-14-13(20)15(21)19(3)16(22)18(14)2/h5-7,9H,8H2,1-4H3. The number of nitrogens with zero attached hydrogens (tertiary/aromatic N) is 4. The molecule has 0 aliphatic heterocycles. The van der Waals surface area contributed by atoms with E-state index in [9.17, 15) is 9.59 Å². The first-order chi connectivity index (χ1) is 10.9. The lowest BCUT2D eigenvalue weighted by atomic mass is 10.1. The summed E-state index contributed by atoms with van der Waals surface area (Å²) in [6, 6.07) is 5.88. The van der Waals surface area contributed by atoms with Gasteiger partial charge < -0.3 is 9.30 Å². The molecule has 1 aromatic carbocycles. The van der Waals surface area contributed by atoms with Gasteiger partial charge in [-0.2, -0.15) is 0 Å². The SMILES string of the molecule is COc1ccc(C)cc1Cn1cnc2c1c(=O)n(C)c(=O)n2C. The average molecular weight is 314 g/mol. The summed E-state index contributed by atoms with van der Waals surface area (Å²) in [7, 11) is 4.69. The van der Waals surface area contributed by atoms with Gasteiger partial charge in [0, 0.05) is 19.7 Å². The van der Waals surface area contributed by atoms with Crippen LogP contribution in [0.5, 0.6) is 5.75 Å². The fourth-order valence-corrected chi connectivity index (χ4v) is 2.73. The Kier molecular flexibility index (Phi) is 3.55. The molecule has 7 heteroatoms. The molecule has 0 bridgehead atoms. The summed E-state index contributed by atoms with van der Waals surface area (Å²) in [5.74, 6) is 0.749. The topological polar surface area (TPSA) is 71.1 Å². The van der Waals surface area contributed by atoms with E-state index in [0.717, 1.165) is 21.4 Å². The molecule has 2 heterocycles. The van der Waals surface area contributed by atoms with E-state index in [0.29, 0.717) is 17.7 Å². The van der Waals surface area contributed by atoms with Crippen molar-refractivity contribution in [3.63, 3.8) is 0 Å². The summed E-state index contributed by atoms with van der Waals surface area (Å²) in [5.41, 5.74) is 2.09. The van der Waals surface area contributed by atoms with Crippen molar-refractivity contribution >= 4 is 11.2 Å². The summed E-state index contributed by atoms with van der Waals surface area (Å²) >= 11 is 0. The molecule has 120 valence electrons. The molecule has 0 amide bonds. The second kappa shape index (κ2) is 5.42.